The molecule has 0 bridgehead atoms. The molecule has 0 atom stereocenters. The lowest BCUT2D eigenvalue weighted by atomic mass is 9.88. The molecule has 3 heterocycles. The molecule has 144 valence electrons. The third-order valence-corrected chi connectivity index (χ3v) is 5.68. The Bertz CT molecular complexity index is 762. The average molecular weight is 369 g/mol. The lowest BCUT2D eigenvalue weighted by molar-refractivity contribution is -0.126. The van der Waals surface area contributed by atoms with Gasteiger partial charge >= 0.3 is 0 Å². The summed E-state index contributed by atoms with van der Waals surface area (Å²) >= 11 is 0. The maximum absolute atomic E-state index is 12.5. The first-order valence-corrected chi connectivity index (χ1v) is 9.88. The SMILES string of the molecule is Nc1c(N2CCC(NC(=O)C3CCCCC3)CC2)ncnc1-n1cccn1. The number of anilines is 2. The van der Waals surface area contributed by atoms with Gasteiger partial charge in [0.1, 0.15) is 12.0 Å². The van der Waals surface area contributed by atoms with Crippen molar-refractivity contribution in [2.45, 2.75) is 51.0 Å². The van der Waals surface area contributed by atoms with E-state index in [0.29, 0.717) is 11.5 Å². The van der Waals surface area contributed by atoms with Gasteiger partial charge in [-0.3, -0.25) is 4.79 Å². The van der Waals surface area contributed by atoms with Gasteiger partial charge < -0.3 is 16.0 Å². The van der Waals surface area contributed by atoms with Crippen molar-refractivity contribution in [2.24, 2.45) is 5.92 Å². The van der Waals surface area contributed by atoms with Crippen molar-refractivity contribution < 1.29 is 4.79 Å². The van der Waals surface area contributed by atoms with E-state index >= 15 is 0 Å². The Morgan fingerprint density at radius 2 is 1.81 bits per heavy atom. The second-order valence-electron chi connectivity index (χ2n) is 7.49. The van der Waals surface area contributed by atoms with Crippen molar-refractivity contribution >= 4 is 17.4 Å². The number of hydrogen-bond acceptors (Lipinski definition) is 6. The predicted molar refractivity (Wildman–Crippen MR) is 104 cm³/mol. The topological polar surface area (TPSA) is 102 Å². The Morgan fingerprint density at radius 3 is 2.52 bits per heavy atom. The molecule has 27 heavy (non-hydrogen) atoms. The summed E-state index contributed by atoms with van der Waals surface area (Å²) in [5, 5.41) is 7.47. The normalized spacial score (nSPS) is 19.2. The molecular weight excluding hydrogens is 342 g/mol. The monoisotopic (exact) mass is 369 g/mol. The van der Waals surface area contributed by atoms with E-state index in [1.54, 1.807) is 10.9 Å². The van der Waals surface area contributed by atoms with E-state index in [1.165, 1.54) is 25.6 Å². The molecule has 8 heteroatoms. The quantitative estimate of drug-likeness (QED) is 0.853. The van der Waals surface area contributed by atoms with Crippen LogP contribution in [0.15, 0.2) is 24.8 Å². The fourth-order valence-electron chi connectivity index (χ4n) is 4.13. The third kappa shape index (κ3) is 3.89. The van der Waals surface area contributed by atoms with Crippen LogP contribution >= 0.6 is 0 Å². The van der Waals surface area contributed by atoms with Crippen LogP contribution in [0, 0.1) is 5.92 Å². The summed E-state index contributed by atoms with van der Waals surface area (Å²) < 4.78 is 1.65. The first kappa shape index (κ1) is 17.8. The highest BCUT2D eigenvalue weighted by atomic mass is 16.1. The number of nitrogens with zero attached hydrogens (tertiary/aromatic N) is 5. The fraction of sp³-hybridized carbons (Fsp3) is 0.579. The summed E-state index contributed by atoms with van der Waals surface area (Å²) in [5.41, 5.74) is 6.85. The van der Waals surface area contributed by atoms with Gasteiger partial charge in [0.25, 0.3) is 0 Å². The van der Waals surface area contributed by atoms with Crippen LogP contribution in [-0.4, -0.2) is 44.8 Å². The van der Waals surface area contributed by atoms with Gasteiger partial charge in [-0.15, -0.1) is 0 Å². The van der Waals surface area contributed by atoms with Crippen LogP contribution in [0.5, 0.6) is 0 Å². The molecule has 3 N–H and O–H groups in total. The standard InChI is InChI=1S/C19H27N7O/c20-16-17(21-13-22-18(16)26-10-4-9-23-26)25-11-7-15(8-12-25)24-19(27)14-5-2-1-3-6-14/h4,9-10,13-15H,1-3,5-8,11-12,20H2,(H,24,27). The van der Waals surface area contributed by atoms with Crippen molar-refractivity contribution in [3.8, 4) is 5.82 Å². The van der Waals surface area contributed by atoms with Crippen molar-refractivity contribution in [2.75, 3.05) is 23.7 Å². The Balaban J connectivity index is 1.37. The molecule has 2 aromatic heterocycles. The van der Waals surface area contributed by atoms with E-state index in [1.807, 2.05) is 12.3 Å². The minimum atomic E-state index is 0.214. The highest BCUT2D eigenvalue weighted by molar-refractivity contribution is 5.79. The van der Waals surface area contributed by atoms with Gasteiger partial charge in [0.15, 0.2) is 11.6 Å². The summed E-state index contributed by atoms with van der Waals surface area (Å²) in [6.45, 7) is 1.63. The maximum Gasteiger partial charge on any atom is 0.223 e. The van der Waals surface area contributed by atoms with E-state index in [0.717, 1.165) is 44.6 Å². The summed E-state index contributed by atoms with van der Waals surface area (Å²) in [6, 6.07) is 2.08. The molecule has 0 aromatic carbocycles. The van der Waals surface area contributed by atoms with Crippen LogP contribution in [0.1, 0.15) is 44.9 Å². The highest BCUT2D eigenvalue weighted by Gasteiger charge is 2.27. The Hall–Kier alpha value is -2.64. The number of nitrogen functional groups attached to an aromatic ring is 1. The molecule has 2 fully saturated rings. The molecule has 8 nitrogen and oxygen atoms in total. The number of carbonyl (C=O) groups excluding carboxylic acids is 1. The first-order chi connectivity index (χ1) is 13.2. The van der Waals surface area contributed by atoms with Crippen molar-refractivity contribution in [1.29, 1.82) is 0 Å². The van der Waals surface area contributed by atoms with E-state index in [-0.39, 0.29) is 17.9 Å². The molecule has 1 amide bonds. The number of nitrogens with one attached hydrogen (secondary N) is 1. The van der Waals surface area contributed by atoms with Gasteiger partial charge in [0.2, 0.25) is 5.91 Å². The smallest absolute Gasteiger partial charge is 0.223 e. The zero-order chi connectivity index (χ0) is 18.6. The Kier molecular flexibility index (Phi) is 5.22. The second kappa shape index (κ2) is 7.94. The zero-order valence-electron chi connectivity index (χ0n) is 15.5. The molecule has 2 aromatic rings. The second-order valence-corrected chi connectivity index (χ2v) is 7.49. The number of aromatic nitrogens is 4. The Morgan fingerprint density at radius 1 is 1.07 bits per heavy atom. The zero-order valence-corrected chi connectivity index (χ0v) is 15.5. The number of carbonyl (C=O) groups is 1. The average Bonchev–Trinajstić information content (AvgIpc) is 3.24. The molecule has 1 saturated heterocycles. The largest absolute Gasteiger partial charge is 0.393 e. The van der Waals surface area contributed by atoms with Crippen LogP contribution in [0.25, 0.3) is 5.82 Å². The number of amides is 1. The predicted octanol–water partition coefficient (Wildman–Crippen LogP) is 1.91. The van der Waals surface area contributed by atoms with Gasteiger partial charge in [0, 0.05) is 37.4 Å². The fourth-order valence-corrected chi connectivity index (χ4v) is 4.13. The molecule has 2 aliphatic rings. The number of piperidine rings is 1. The van der Waals surface area contributed by atoms with E-state index in [4.69, 9.17) is 5.73 Å². The van der Waals surface area contributed by atoms with Gasteiger partial charge in [-0.1, -0.05) is 19.3 Å². The van der Waals surface area contributed by atoms with E-state index in [9.17, 15) is 4.79 Å². The molecule has 4 rings (SSSR count). The van der Waals surface area contributed by atoms with Crippen LogP contribution in [0.3, 0.4) is 0 Å². The van der Waals surface area contributed by atoms with Gasteiger partial charge in [-0.2, -0.15) is 5.10 Å². The molecule has 0 unspecified atom stereocenters. The van der Waals surface area contributed by atoms with Crippen LogP contribution < -0.4 is 16.0 Å². The lowest BCUT2D eigenvalue weighted by Gasteiger charge is -2.34. The Labute approximate surface area is 159 Å². The molecule has 0 spiro atoms. The minimum Gasteiger partial charge on any atom is -0.393 e. The number of hydrogen-bond donors (Lipinski definition) is 2. The van der Waals surface area contributed by atoms with Crippen LogP contribution in [0.2, 0.25) is 0 Å². The van der Waals surface area contributed by atoms with E-state index < -0.39 is 0 Å². The van der Waals surface area contributed by atoms with Crippen LogP contribution in [-0.2, 0) is 4.79 Å². The lowest BCUT2D eigenvalue weighted by Crippen LogP contribution is -2.47. The first-order valence-electron chi connectivity index (χ1n) is 9.88. The van der Waals surface area contributed by atoms with Gasteiger partial charge in [0.05, 0.1) is 0 Å². The molecule has 1 aliphatic carbocycles. The van der Waals surface area contributed by atoms with Gasteiger partial charge in [-0.25, -0.2) is 14.6 Å². The summed E-state index contributed by atoms with van der Waals surface area (Å²) in [4.78, 5) is 23.3. The number of nitrogens with two attached hydrogens (primary N) is 1. The molecular formula is C19H27N7O. The summed E-state index contributed by atoms with van der Waals surface area (Å²) in [5.74, 6) is 1.80. The molecule has 0 radical (unpaired) electrons. The highest BCUT2D eigenvalue weighted by Crippen LogP contribution is 2.28. The summed E-state index contributed by atoms with van der Waals surface area (Å²) in [6.07, 6.45) is 12.6. The van der Waals surface area contributed by atoms with Crippen molar-refractivity contribution in [1.82, 2.24) is 25.1 Å². The van der Waals surface area contributed by atoms with Crippen molar-refractivity contribution in [3.05, 3.63) is 24.8 Å². The number of rotatable bonds is 4. The van der Waals surface area contributed by atoms with Gasteiger partial charge in [-0.05, 0) is 31.7 Å². The minimum absolute atomic E-state index is 0.214. The molecule has 1 saturated carbocycles. The summed E-state index contributed by atoms with van der Waals surface area (Å²) in [7, 11) is 0. The molecule has 1 aliphatic heterocycles. The van der Waals surface area contributed by atoms with Crippen molar-refractivity contribution in [3.63, 3.8) is 0 Å². The third-order valence-electron chi connectivity index (χ3n) is 5.68. The maximum atomic E-state index is 12.5. The van der Waals surface area contributed by atoms with Crippen LogP contribution in [0.4, 0.5) is 11.5 Å². The van der Waals surface area contributed by atoms with E-state index in [2.05, 4.69) is 25.3 Å².